The number of halogens is 2. The molecule has 0 saturated carbocycles. The first-order chi connectivity index (χ1) is 8.11. The summed E-state index contributed by atoms with van der Waals surface area (Å²) in [5.41, 5.74) is 0.481. The number of ether oxygens (including phenoxy) is 2. The van der Waals surface area contributed by atoms with Crippen molar-refractivity contribution in [2.45, 2.75) is 6.10 Å². The van der Waals surface area contributed by atoms with Crippen LogP contribution in [-0.2, 0) is 9.47 Å². The lowest BCUT2D eigenvalue weighted by Gasteiger charge is -2.13. The molecular weight excluding hydrogens is 293 g/mol. The molecule has 4 nitrogen and oxygen atoms in total. The highest BCUT2D eigenvalue weighted by atomic mass is 79.9. The lowest BCUT2D eigenvalue weighted by Crippen LogP contribution is -2.25. The van der Waals surface area contributed by atoms with Gasteiger partial charge in [-0.15, -0.1) is 0 Å². The fraction of sp³-hybridized carbons (Fsp3) is 0.364. The number of cyclic esters (lactones) is 1. The number of hydrogen-bond acceptors (Lipinski definition) is 3. The predicted octanol–water partition coefficient (Wildman–Crippen LogP) is 2.56. The maximum absolute atomic E-state index is 13.4. The van der Waals surface area contributed by atoms with Crippen LogP contribution in [0, 0.1) is 5.82 Å². The lowest BCUT2D eigenvalue weighted by atomic mass is 10.2. The van der Waals surface area contributed by atoms with Gasteiger partial charge in [-0.2, -0.15) is 0 Å². The molecule has 1 saturated heterocycles. The number of anilines is 1. The van der Waals surface area contributed by atoms with Crippen molar-refractivity contribution in [2.24, 2.45) is 0 Å². The average molecular weight is 304 g/mol. The van der Waals surface area contributed by atoms with Crippen molar-refractivity contribution in [1.82, 2.24) is 0 Å². The van der Waals surface area contributed by atoms with E-state index in [2.05, 4.69) is 15.9 Å². The fourth-order valence-electron chi connectivity index (χ4n) is 1.66. The Labute approximate surface area is 106 Å². The Morgan fingerprint density at radius 3 is 3.06 bits per heavy atom. The minimum atomic E-state index is -0.478. The molecule has 17 heavy (non-hydrogen) atoms. The van der Waals surface area contributed by atoms with Gasteiger partial charge < -0.3 is 9.47 Å². The van der Waals surface area contributed by atoms with Gasteiger partial charge in [0.2, 0.25) is 0 Å². The molecule has 1 heterocycles. The number of nitrogens with zero attached hydrogens (tertiary/aromatic N) is 1. The van der Waals surface area contributed by atoms with Crippen LogP contribution < -0.4 is 4.90 Å². The van der Waals surface area contributed by atoms with Gasteiger partial charge in [0.1, 0.15) is 11.9 Å². The standard InChI is InChI=1S/C11H11BrFNO3/c1-16-6-8-5-14(11(15)17-8)7-2-3-9(12)10(13)4-7/h2-4,8H,5-6H2,1H3/t8-/m1/s1. The van der Waals surface area contributed by atoms with Crippen molar-refractivity contribution in [2.75, 3.05) is 25.2 Å². The van der Waals surface area contributed by atoms with Gasteiger partial charge in [-0.05, 0) is 34.1 Å². The van der Waals surface area contributed by atoms with Crippen LogP contribution in [0.2, 0.25) is 0 Å². The van der Waals surface area contributed by atoms with E-state index in [1.165, 1.54) is 18.1 Å². The number of benzene rings is 1. The highest BCUT2D eigenvalue weighted by Crippen LogP contribution is 2.25. The number of rotatable bonds is 3. The highest BCUT2D eigenvalue weighted by molar-refractivity contribution is 9.10. The Bertz CT molecular complexity index is 441. The molecular formula is C11H11BrFNO3. The minimum Gasteiger partial charge on any atom is -0.441 e. The first kappa shape index (κ1) is 12.3. The van der Waals surface area contributed by atoms with Crippen LogP contribution in [0.4, 0.5) is 14.9 Å². The van der Waals surface area contributed by atoms with Crippen LogP contribution in [-0.4, -0.2) is 32.5 Å². The summed E-state index contributed by atoms with van der Waals surface area (Å²) in [5.74, 6) is -0.412. The van der Waals surface area contributed by atoms with E-state index in [-0.39, 0.29) is 6.10 Å². The molecule has 0 bridgehead atoms. The normalized spacial score (nSPS) is 19.6. The summed E-state index contributed by atoms with van der Waals surface area (Å²) in [4.78, 5) is 13.0. The Morgan fingerprint density at radius 1 is 1.65 bits per heavy atom. The summed E-state index contributed by atoms with van der Waals surface area (Å²) in [5, 5.41) is 0. The maximum atomic E-state index is 13.4. The Hall–Kier alpha value is -1.14. The molecule has 1 fully saturated rings. The Kier molecular flexibility index (Phi) is 3.63. The molecule has 1 aromatic carbocycles. The van der Waals surface area contributed by atoms with Gasteiger partial charge in [0.15, 0.2) is 0 Å². The Morgan fingerprint density at radius 2 is 2.41 bits per heavy atom. The molecule has 0 spiro atoms. The van der Waals surface area contributed by atoms with Gasteiger partial charge in [-0.3, -0.25) is 4.90 Å². The van der Waals surface area contributed by atoms with Gasteiger partial charge in [0, 0.05) is 7.11 Å². The van der Waals surface area contributed by atoms with Crippen LogP contribution in [0.3, 0.4) is 0 Å². The van der Waals surface area contributed by atoms with Crippen molar-refractivity contribution >= 4 is 27.7 Å². The molecule has 2 rings (SSSR count). The van der Waals surface area contributed by atoms with Crippen molar-refractivity contribution in [3.05, 3.63) is 28.5 Å². The maximum Gasteiger partial charge on any atom is 0.414 e. The number of carbonyl (C=O) groups excluding carboxylic acids is 1. The second-order valence-electron chi connectivity index (χ2n) is 3.67. The molecule has 1 aliphatic rings. The summed E-state index contributed by atoms with van der Waals surface area (Å²) in [7, 11) is 1.54. The molecule has 1 aliphatic heterocycles. The topological polar surface area (TPSA) is 38.8 Å². The summed E-state index contributed by atoms with van der Waals surface area (Å²) in [6, 6.07) is 4.51. The molecule has 6 heteroatoms. The SMILES string of the molecule is COC[C@H]1CN(c2ccc(Br)c(F)c2)C(=O)O1. The van der Waals surface area contributed by atoms with Crippen LogP contribution in [0.1, 0.15) is 0 Å². The summed E-state index contributed by atoms with van der Waals surface area (Å²) in [6.45, 7) is 0.703. The van der Waals surface area contributed by atoms with Crippen LogP contribution in [0.25, 0.3) is 0 Å². The quantitative estimate of drug-likeness (QED) is 0.861. The van der Waals surface area contributed by atoms with Crippen LogP contribution >= 0.6 is 15.9 Å². The molecule has 0 aromatic heterocycles. The third-order valence-corrected chi connectivity index (χ3v) is 3.08. The molecule has 1 atom stereocenters. The Balaban J connectivity index is 2.17. The molecule has 92 valence electrons. The second-order valence-corrected chi connectivity index (χ2v) is 4.52. The first-order valence-electron chi connectivity index (χ1n) is 5.04. The van der Waals surface area contributed by atoms with E-state index in [0.29, 0.717) is 23.3 Å². The third-order valence-electron chi connectivity index (χ3n) is 2.44. The number of amides is 1. The third kappa shape index (κ3) is 2.58. The van der Waals surface area contributed by atoms with E-state index >= 15 is 0 Å². The van der Waals surface area contributed by atoms with Crippen molar-refractivity contribution < 1.29 is 18.7 Å². The minimum absolute atomic E-state index is 0.306. The number of carbonyl (C=O) groups is 1. The van der Waals surface area contributed by atoms with E-state index in [1.54, 1.807) is 12.1 Å². The molecule has 0 N–H and O–H groups in total. The van der Waals surface area contributed by atoms with E-state index in [4.69, 9.17) is 9.47 Å². The summed E-state index contributed by atoms with van der Waals surface area (Å²) >= 11 is 3.06. The lowest BCUT2D eigenvalue weighted by molar-refractivity contribution is 0.0718. The molecule has 0 radical (unpaired) electrons. The van der Waals surface area contributed by atoms with E-state index in [0.717, 1.165) is 0 Å². The van der Waals surface area contributed by atoms with E-state index in [1.807, 2.05) is 0 Å². The first-order valence-corrected chi connectivity index (χ1v) is 5.83. The molecule has 0 unspecified atom stereocenters. The molecule has 1 aromatic rings. The van der Waals surface area contributed by atoms with Gasteiger partial charge in [-0.1, -0.05) is 0 Å². The van der Waals surface area contributed by atoms with E-state index in [9.17, 15) is 9.18 Å². The smallest absolute Gasteiger partial charge is 0.414 e. The van der Waals surface area contributed by atoms with Crippen molar-refractivity contribution in [3.8, 4) is 0 Å². The van der Waals surface area contributed by atoms with Gasteiger partial charge in [0.25, 0.3) is 0 Å². The second kappa shape index (κ2) is 5.01. The predicted molar refractivity (Wildman–Crippen MR) is 63.6 cm³/mol. The van der Waals surface area contributed by atoms with Crippen LogP contribution in [0.5, 0.6) is 0 Å². The highest BCUT2D eigenvalue weighted by Gasteiger charge is 2.32. The van der Waals surface area contributed by atoms with Crippen LogP contribution in [0.15, 0.2) is 22.7 Å². The fourth-order valence-corrected chi connectivity index (χ4v) is 1.90. The zero-order valence-corrected chi connectivity index (χ0v) is 10.7. The van der Waals surface area contributed by atoms with Gasteiger partial charge in [-0.25, -0.2) is 9.18 Å². The van der Waals surface area contributed by atoms with Gasteiger partial charge >= 0.3 is 6.09 Å². The molecule has 0 aliphatic carbocycles. The van der Waals surface area contributed by atoms with Gasteiger partial charge in [0.05, 0.1) is 23.3 Å². The van der Waals surface area contributed by atoms with E-state index < -0.39 is 11.9 Å². The largest absolute Gasteiger partial charge is 0.441 e. The summed E-state index contributed by atoms with van der Waals surface area (Å²) < 4.78 is 23.7. The van der Waals surface area contributed by atoms with Crippen molar-refractivity contribution in [3.63, 3.8) is 0 Å². The number of hydrogen-bond donors (Lipinski definition) is 0. The number of methoxy groups -OCH3 is 1. The zero-order valence-electron chi connectivity index (χ0n) is 9.15. The summed E-state index contributed by atoms with van der Waals surface area (Å²) in [6.07, 6.45) is -0.784. The van der Waals surface area contributed by atoms with Crippen molar-refractivity contribution in [1.29, 1.82) is 0 Å². The zero-order chi connectivity index (χ0) is 12.4. The monoisotopic (exact) mass is 303 g/mol. The molecule has 1 amide bonds. The average Bonchev–Trinajstić information content (AvgIpc) is 2.64.